The van der Waals surface area contributed by atoms with Crippen molar-refractivity contribution in [1.29, 1.82) is 0 Å². The highest BCUT2D eigenvalue weighted by Crippen LogP contribution is 2.17. The van der Waals surface area contributed by atoms with E-state index in [1.807, 2.05) is 6.92 Å². The summed E-state index contributed by atoms with van der Waals surface area (Å²) in [5.41, 5.74) is 0.721. The SMILES string of the molecule is CCn1cc(OCc2ccc(OCC(F)(F)F)nc2)cn1. The Morgan fingerprint density at radius 1 is 1.19 bits per heavy atom. The van der Waals surface area contributed by atoms with E-state index in [2.05, 4.69) is 14.8 Å². The lowest BCUT2D eigenvalue weighted by atomic mass is 10.3. The van der Waals surface area contributed by atoms with E-state index in [-0.39, 0.29) is 12.5 Å². The lowest BCUT2D eigenvalue weighted by molar-refractivity contribution is -0.154. The summed E-state index contributed by atoms with van der Waals surface area (Å²) in [5, 5.41) is 4.06. The van der Waals surface area contributed by atoms with Crippen molar-refractivity contribution in [1.82, 2.24) is 14.8 Å². The first-order valence-corrected chi connectivity index (χ1v) is 6.26. The fraction of sp³-hybridized carbons (Fsp3) is 0.385. The van der Waals surface area contributed by atoms with Crippen LogP contribution < -0.4 is 9.47 Å². The van der Waals surface area contributed by atoms with Gasteiger partial charge >= 0.3 is 6.18 Å². The zero-order valence-electron chi connectivity index (χ0n) is 11.3. The third kappa shape index (κ3) is 4.97. The summed E-state index contributed by atoms with van der Waals surface area (Å²) in [5.74, 6) is 0.545. The van der Waals surface area contributed by atoms with Gasteiger partial charge in [-0.3, -0.25) is 4.68 Å². The van der Waals surface area contributed by atoms with Crippen LogP contribution in [-0.4, -0.2) is 27.5 Å². The lowest BCUT2D eigenvalue weighted by Crippen LogP contribution is -2.19. The predicted molar refractivity (Wildman–Crippen MR) is 68.0 cm³/mol. The average molecular weight is 301 g/mol. The van der Waals surface area contributed by atoms with Gasteiger partial charge in [0.1, 0.15) is 6.61 Å². The van der Waals surface area contributed by atoms with Crippen molar-refractivity contribution in [3.63, 3.8) is 0 Å². The quantitative estimate of drug-likeness (QED) is 0.823. The van der Waals surface area contributed by atoms with E-state index in [0.717, 1.165) is 12.1 Å². The highest BCUT2D eigenvalue weighted by molar-refractivity contribution is 5.19. The average Bonchev–Trinajstić information content (AvgIpc) is 2.91. The third-order valence-electron chi connectivity index (χ3n) is 2.52. The van der Waals surface area contributed by atoms with E-state index < -0.39 is 12.8 Å². The van der Waals surface area contributed by atoms with Gasteiger partial charge in [-0.25, -0.2) is 4.98 Å². The van der Waals surface area contributed by atoms with Crippen LogP contribution in [0.3, 0.4) is 0 Å². The Bertz CT molecular complexity index is 567. The summed E-state index contributed by atoms with van der Waals surface area (Å²) in [6.07, 6.45) is 0.394. The number of ether oxygens (including phenoxy) is 2. The van der Waals surface area contributed by atoms with Crippen LogP contribution in [-0.2, 0) is 13.2 Å². The third-order valence-corrected chi connectivity index (χ3v) is 2.52. The summed E-state index contributed by atoms with van der Waals surface area (Å²) >= 11 is 0. The van der Waals surface area contributed by atoms with Crippen LogP contribution in [0.2, 0.25) is 0 Å². The van der Waals surface area contributed by atoms with Gasteiger partial charge in [0.05, 0.1) is 12.4 Å². The first kappa shape index (κ1) is 15.1. The van der Waals surface area contributed by atoms with E-state index in [4.69, 9.17) is 4.74 Å². The lowest BCUT2D eigenvalue weighted by Gasteiger charge is -2.08. The van der Waals surface area contributed by atoms with E-state index in [1.54, 1.807) is 23.1 Å². The van der Waals surface area contributed by atoms with Crippen molar-refractivity contribution in [2.75, 3.05) is 6.61 Å². The molecule has 8 heteroatoms. The smallest absolute Gasteiger partial charge is 0.422 e. The standard InChI is InChI=1S/C13H14F3N3O2/c1-2-19-7-11(6-18-19)20-8-10-3-4-12(17-5-10)21-9-13(14,15)16/h3-7H,2,8-9H2,1H3. The Kier molecular flexibility index (Phi) is 4.66. The Labute approximate surface area is 119 Å². The van der Waals surface area contributed by atoms with Gasteiger partial charge in [0.15, 0.2) is 12.4 Å². The first-order chi connectivity index (χ1) is 9.96. The molecule has 2 heterocycles. The first-order valence-electron chi connectivity index (χ1n) is 6.26. The number of hydrogen-bond acceptors (Lipinski definition) is 4. The second-order valence-electron chi connectivity index (χ2n) is 4.23. The molecule has 5 nitrogen and oxygen atoms in total. The summed E-state index contributed by atoms with van der Waals surface area (Å²) < 4.78 is 47.7. The van der Waals surface area contributed by atoms with Crippen molar-refractivity contribution in [3.05, 3.63) is 36.3 Å². The maximum Gasteiger partial charge on any atom is 0.422 e. The Balaban J connectivity index is 1.84. The molecule has 2 aromatic rings. The molecule has 0 atom stereocenters. The van der Waals surface area contributed by atoms with Gasteiger partial charge in [-0.15, -0.1) is 0 Å². The summed E-state index contributed by atoms with van der Waals surface area (Å²) in [6, 6.07) is 2.98. The summed E-state index contributed by atoms with van der Waals surface area (Å²) in [6.45, 7) is 1.60. The van der Waals surface area contributed by atoms with Gasteiger partial charge < -0.3 is 9.47 Å². The zero-order valence-corrected chi connectivity index (χ0v) is 11.3. The maximum absolute atomic E-state index is 12.0. The van der Waals surface area contributed by atoms with E-state index in [9.17, 15) is 13.2 Å². The van der Waals surface area contributed by atoms with Crippen LogP contribution in [0.4, 0.5) is 13.2 Å². The maximum atomic E-state index is 12.0. The largest absolute Gasteiger partial charge is 0.486 e. The second-order valence-corrected chi connectivity index (χ2v) is 4.23. The molecule has 0 aliphatic heterocycles. The number of nitrogens with zero attached hydrogens (tertiary/aromatic N) is 3. The van der Waals surface area contributed by atoms with Crippen LogP contribution in [0.1, 0.15) is 12.5 Å². The van der Waals surface area contributed by atoms with Crippen molar-refractivity contribution in [2.45, 2.75) is 26.3 Å². The minimum atomic E-state index is -4.37. The molecule has 0 amide bonds. The molecule has 0 aliphatic carbocycles. The number of halogens is 3. The van der Waals surface area contributed by atoms with Gasteiger partial charge in [0, 0.05) is 24.4 Å². The molecule has 2 aromatic heterocycles. The van der Waals surface area contributed by atoms with Crippen molar-refractivity contribution < 1.29 is 22.6 Å². The molecule has 0 aromatic carbocycles. The van der Waals surface area contributed by atoms with Crippen molar-refractivity contribution in [2.24, 2.45) is 0 Å². The van der Waals surface area contributed by atoms with Crippen LogP contribution in [0.25, 0.3) is 0 Å². The normalized spacial score (nSPS) is 11.4. The highest BCUT2D eigenvalue weighted by atomic mass is 19.4. The summed E-state index contributed by atoms with van der Waals surface area (Å²) in [7, 11) is 0. The number of aryl methyl sites for hydroxylation is 1. The molecule has 0 unspecified atom stereocenters. The number of alkyl halides is 3. The number of aromatic nitrogens is 3. The Morgan fingerprint density at radius 2 is 2.00 bits per heavy atom. The fourth-order valence-electron chi connectivity index (χ4n) is 1.50. The van der Waals surface area contributed by atoms with Crippen molar-refractivity contribution in [3.8, 4) is 11.6 Å². The minimum Gasteiger partial charge on any atom is -0.486 e. The molecule has 0 fully saturated rings. The second kappa shape index (κ2) is 6.47. The molecule has 0 saturated carbocycles. The van der Waals surface area contributed by atoms with Gasteiger partial charge in [0.2, 0.25) is 5.88 Å². The molecule has 114 valence electrons. The van der Waals surface area contributed by atoms with E-state index >= 15 is 0 Å². The fourth-order valence-corrected chi connectivity index (χ4v) is 1.50. The molecule has 0 N–H and O–H groups in total. The van der Waals surface area contributed by atoms with Crippen LogP contribution in [0, 0.1) is 0 Å². The Morgan fingerprint density at radius 3 is 2.57 bits per heavy atom. The predicted octanol–water partition coefficient (Wildman–Crippen LogP) is 2.82. The van der Waals surface area contributed by atoms with Crippen molar-refractivity contribution >= 4 is 0 Å². The molecule has 0 saturated heterocycles. The molecular formula is C13H14F3N3O2. The Hall–Kier alpha value is -2.25. The number of rotatable bonds is 6. The highest BCUT2D eigenvalue weighted by Gasteiger charge is 2.28. The molecule has 0 aliphatic rings. The van der Waals surface area contributed by atoms with E-state index in [0.29, 0.717) is 5.75 Å². The molecule has 0 radical (unpaired) electrons. The van der Waals surface area contributed by atoms with Gasteiger partial charge in [-0.2, -0.15) is 18.3 Å². The minimum absolute atomic E-state index is 0.0742. The molecule has 21 heavy (non-hydrogen) atoms. The van der Waals surface area contributed by atoms with E-state index in [1.165, 1.54) is 12.3 Å². The summed E-state index contributed by atoms with van der Waals surface area (Å²) in [4.78, 5) is 3.79. The molecule has 0 bridgehead atoms. The molecular weight excluding hydrogens is 287 g/mol. The van der Waals surface area contributed by atoms with Crippen LogP contribution in [0.5, 0.6) is 11.6 Å². The number of pyridine rings is 1. The topological polar surface area (TPSA) is 49.2 Å². The van der Waals surface area contributed by atoms with Crippen LogP contribution in [0.15, 0.2) is 30.7 Å². The van der Waals surface area contributed by atoms with Gasteiger partial charge in [-0.1, -0.05) is 0 Å². The van der Waals surface area contributed by atoms with Gasteiger partial charge in [0.25, 0.3) is 0 Å². The zero-order chi connectivity index (χ0) is 15.3. The molecule has 0 spiro atoms. The monoisotopic (exact) mass is 301 g/mol. The van der Waals surface area contributed by atoms with Crippen LogP contribution >= 0.6 is 0 Å². The molecule has 2 rings (SSSR count). The van der Waals surface area contributed by atoms with Gasteiger partial charge in [-0.05, 0) is 13.0 Å². The number of hydrogen-bond donors (Lipinski definition) is 0.